The quantitative estimate of drug-likeness (QED) is 0.889. The van der Waals surface area contributed by atoms with Gasteiger partial charge in [0, 0.05) is 45.6 Å². The van der Waals surface area contributed by atoms with E-state index in [-0.39, 0.29) is 17.0 Å². The lowest BCUT2D eigenvalue weighted by molar-refractivity contribution is -0.0307. The molecule has 2 aromatic rings. The monoisotopic (exact) mass is 338 g/mol. The molecule has 0 spiro atoms. The molecule has 0 radical (unpaired) electrons. The fraction of sp³-hybridized carbons (Fsp3) is 0.533. The highest BCUT2D eigenvalue weighted by Gasteiger charge is 2.31. The molecule has 1 aliphatic heterocycles. The summed E-state index contributed by atoms with van der Waals surface area (Å²) in [4.78, 5) is 0. The van der Waals surface area contributed by atoms with Gasteiger partial charge in [-0.2, -0.15) is 5.10 Å². The van der Waals surface area contributed by atoms with Gasteiger partial charge >= 0.3 is 0 Å². The largest absolute Gasteiger partial charge is 0.372 e. The Hall–Kier alpha value is -1.64. The fourth-order valence-corrected chi connectivity index (χ4v) is 4.34. The number of sulfonamides is 1. The van der Waals surface area contributed by atoms with Gasteiger partial charge in [0.1, 0.15) is 11.1 Å². The van der Waals surface area contributed by atoms with Crippen molar-refractivity contribution in [2.45, 2.75) is 24.0 Å². The van der Waals surface area contributed by atoms with Crippen molar-refractivity contribution in [2.24, 2.45) is 20.0 Å². The number of aryl methyl sites for hydroxylation is 2. The van der Waals surface area contributed by atoms with Gasteiger partial charge in [0.25, 0.3) is 10.0 Å². The number of hydrogen-bond donors (Lipinski definition) is 1. The lowest BCUT2D eigenvalue weighted by Gasteiger charge is -2.31. The van der Waals surface area contributed by atoms with Crippen LogP contribution in [0.25, 0.3) is 0 Å². The van der Waals surface area contributed by atoms with E-state index in [2.05, 4.69) is 9.82 Å². The zero-order chi connectivity index (χ0) is 16.4. The lowest BCUT2D eigenvalue weighted by atomic mass is 9.92. The average molecular weight is 338 g/mol. The first-order valence-electron chi connectivity index (χ1n) is 7.69. The van der Waals surface area contributed by atoms with E-state index in [1.54, 1.807) is 40.8 Å². The highest BCUT2D eigenvalue weighted by Crippen LogP contribution is 2.33. The predicted octanol–water partition coefficient (Wildman–Crippen LogP) is 1.20. The molecule has 2 aromatic heterocycles. The molecule has 1 N–H and O–H groups in total. The number of aromatic nitrogens is 3. The lowest BCUT2D eigenvalue weighted by Crippen LogP contribution is -2.36. The van der Waals surface area contributed by atoms with E-state index in [1.807, 2.05) is 13.1 Å². The third-order valence-electron chi connectivity index (χ3n) is 4.30. The number of nitrogens with one attached hydrogen (secondary N) is 1. The summed E-state index contributed by atoms with van der Waals surface area (Å²) in [6.07, 6.45) is 5.18. The van der Waals surface area contributed by atoms with E-state index >= 15 is 0 Å². The Bertz CT molecular complexity index is 765. The molecule has 2 atom stereocenters. The van der Waals surface area contributed by atoms with E-state index < -0.39 is 10.0 Å². The third-order valence-corrected chi connectivity index (χ3v) is 5.82. The van der Waals surface area contributed by atoms with Crippen molar-refractivity contribution in [1.29, 1.82) is 0 Å². The summed E-state index contributed by atoms with van der Waals surface area (Å²) in [7, 11) is 0.0781. The molecule has 0 saturated carbocycles. The Morgan fingerprint density at radius 1 is 1.39 bits per heavy atom. The van der Waals surface area contributed by atoms with E-state index in [1.165, 1.54) is 0 Å². The van der Waals surface area contributed by atoms with Crippen molar-refractivity contribution in [1.82, 2.24) is 19.1 Å². The van der Waals surface area contributed by atoms with Crippen LogP contribution >= 0.6 is 0 Å². The number of rotatable bonds is 5. The smallest absolute Gasteiger partial charge is 0.256 e. The molecule has 0 aliphatic carbocycles. The van der Waals surface area contributed by atoms with E-state index in [0.717, 1.165) is 18.5 Å². The summed E-state index contributed by atoms with van der Waals surface area (Å²) >= 11 is 0. The van der Waals surface area contributed by atoms with Gasteiger partial charge in [0.15, 0.2) is 0 Å². The van der Waals surface area contributed by atoms with Crippen LogP contribution in [0.4, 0.5) is 0 Å². The number of hydrogen-bond acceptors (Lipinski definition) is 4. The van der Waals surface area contributed by atoms with Crippen LogP contribution in [0.2, 0.25) is 0 Å². The summed E-state index contributed by atoms with van der Waals surface area (Å²) in [6, 6.07) is 5.24. The van der Waals surface area contributed by atoms with Crippen LogP contribution in [0.5, 0.6) is 0 Å². The maximum atomic E-state index is 12.4. The van der Waals surface area contributed by atoms with Crippen LogP contribution in [0, 0.1) is 5.92 Å². The zero-order valence-corrected chi connectivity index (χ0v) is 14.2. The molecule has 1 saturated heterocycles. The minimum Gasteiger partial charge on any atom is -0.372 e. The van der Waals surface area contributed by atoms with Gasteiger partial charge in [0.05, 0.1) is 5.69 Å². The molecule has 23 heavy (non-hydrogen) atoms. The van der Waals surface area contributed by atoms with Gasteiger partial charge < -0.3 is 9.30 Å². The molecule has 0 unspecified atom stereocenters. The number of ether oxygens (including phenoxy) is 1. The minimum absolute atomic E-state index is 0.0918. The van der Waals surface area contributed by atoms with Crippen molar-refractivity contribution < 1.29 is 13.2 Å². The van der Waals surface area contributed by atoms with Crippen molar-refractivity contribution in [3.8, 4) is 0 Å². The first-order valence-corrected chi connectivity index (χ1v) is 9.18. The van der Waals surface area contributed by atoms with E-state index in [9.17, 15) is 8.42 Å². The molecule has 126 valence electrons. The van der Waals surface area contributed by atoms with E-state index in [4.69, 9.17) is 4.74 Å². The topological polar surface area (TPSA) is 78.2 Å². The van der Waals surface area contributed by atoms with Crippen molar-refractivity contribution in [3.63, 3.8) is 0 Å². The molecule has 8 heteroatoms. The zero-order valence-electron chi connectivity index (χ0n) is 13.3. The minimum atomic E-state index is -3.51. The second-order valence-electron chi connectivity index (χ2n) is 5.88. The molecule has 0 aromatic carbocycles. The molecule has 7 nitrogen and oxygen atoms in total. The molecule has 3 rings (SSSR count). The predicted molar refractivity (Wildman–Crippen MR) is 85.2 cm³/mol. The Balaban J connectivity index is 1.73. The van der Waals surface area contributed by atoms with Crippen molar-refractivity contribution in [2.75, 3.05) is 13.2 Å². The summed E-state index contributed by atoms with van der Waals surface area (Å²) in [6.45, 7) is 1.04. The molecule has 3 heterocycles. The van der Waals surface area contributed by atoms with Crippen LogP contribution in [0.3, 0.4) is 0 Å². The Morgan fingerprint density at radius 2 is 2.22 bits per heavy atom. The summed E-state index contributed by atoms with van der Waals surface area (Å²) in [5, 5.41) is 4.45. The Morgan fingerprint density at radius 3 is 2.87 bits per heavy atom. The van der Waals surface area contributed by atoms with Gasteiger partial charge in [0.2, 0.25) is 0 Å². The van der Waals surface area contributed by atoms with Gasteiger partial charge in [-0.25, -0.2) is 13.1 Å². The van der Waals surface area contributed by atoms with Crippen LogP contribution in [-0.4, -0.2) is 35.9 Å². The molecular formula is C15H22N4O3S. The Labute approximate surface area is 136 Å². The van der Waals surface area contributed by atoms with E-state index in [0.29, 0.717) is 13.2 Å². The summed E-state index contributed by atoms with van der Waals surface area (Å²) < 4.78 is 36.9. The summed E-state index contributed by atoms with van der Waals surface area (Å²) in [5.41, 5.74) is 0.979. The molecular weight excluding hydrogens is 316 g/mol. The molecule has 1 aliphatic rings. The SMILES string of the molecule is Cn1cccc1S(=O)(=O)NC[C@@H]1CCCO[C@H]1c1ccnn1C. The van der Waals surface area contributed by atoms with Crippen LogP contribution < -0.4 is 4.72 Å². The normalized spacial score (nSPS) is 22.3. The van der Waals surface area contributed by atoms with Crippen LogP contribution in [-0.2, 0) is 28.9 Å². The maximum Gasteiger partial charge on any atom is 0.256 e. The highest BCUT2D eigenvalue weighted by molar-refractivity contribution is 7.89. The fourth-order valence-electron chi connectivity index (χ4n) is 3.06. The third kappa shape index (κ3) is 3.34. The first kappa shape index (κ1) is 16.2. The Kier molecular flexibility index (Phi) is 4.56. The molecule has 0 amide bonds. The maximum absolute atomic E-state index is 12.4. The van der Waals surface area contributed by atoms with Crippen LogP contribution in [0.1, 0.15) is 24.6 Å². The van der Waals surface area contributed by atoms with Gasteiger partial charge in [-0.3, -0.25) is 4.68 Å². The van der Waals surface area contributed by atoms with Crippen molar-refractivity contribution >= 4 is 10.0 Å². The summed E-state index contributed by atoms with van der Waals surface area (Å²) in [5.74, 6) is 0.0918. The standard InChI is InChI=1S/C15H22N4O3S/c1-18-9-3-6-14(18)23(20,21)17-11-12-5-4-10-22-15(12)13-7-8-16-19(13)2/h3,6-9,12,15,17H,4-5,10-11H2,1-2H3/t12-,15+/m0/s1. The molecule has 0 bridgehead atoms. The van der Waals surface area contributed by atoms with Gasteiger partial charge in [-0.1, -0.05) is 0 Å². The first-order chi connectivity index (χ1) is 11.0. The second-order valence-corrected chi connectivity index (χ2v) is 7.60. The van der Waals surface area contributed by atoms with Gasteiger partial charge in [-0.05, 0) is 31.0 Å². The average Bonchev–Trinajstić information content (AvgIpc) is 3.14. The van der Waals surface area contributed by atoms with Gasteiger partial charge in [-0.15, -0.1) is 0 Å². The van der Waals surface area contributed by atoms with Crippen LogP contribution in [0.15, 0.2) is 35.6 Å². The van der Waals surface area contributed by atoms with Crippen molar-refractivity contribution in [3.05, 3.63) is 36.3 Å². The number of nitrogens with zero attached hydrogens (tertiary/aromatic N) is 3. The highest BCUT2D eigenvalue weighted by atomic mass is 32.2. The molecule has 1 fully saturated rings. The second kappa shape index (κ2) is 6.46.